The molecule has 0 bridgehead atoms. The number of aryl methyl sites for hydroxylation is 2. The van der Waals surface area contributed by atoms with Crippen molar-refractivity contribution < 1.29 is 4.79 Å². The number of hydrogen-bond acceptors (Lipinski definition) is 3. The van der Waals surface area contributed by atoms with E-state index in [1.807, 2.05) is 30.0 Å². The molecular weight excluding hydrogens is 326 g/mol. The summed E-state index contributed by atoms with van der Waals surface area (Å²) in [5, 5.41) is 0.783. The van der Waals surface area contributed by atoms with Crippen molar-refractivity contribution in [1.82, 2.24) is 14.9 Å². The Kier molecular flexibility index (Phi) is 4.71. The zero-order valence-corrected chi connectivity index (χ0v) is 14.6. The summed E-state index contributed by atoms with van der Waals surface area (Å²) in [4.78, 5) is 32.4. The second-order valence-corrected chi connectivity index (χ2v) is 6.58. The molecule has 126 valence electrons. The van der Waals surface area contributed by atoms with Crippen molar-refractivity contribution in [1.29, 1.82) is 0 Å². The Hall–Kier alpha value is -2.14. The van der Waals surface area contributed by atoms with Crippen LogP contribution in [0.4, 0.5) is 0 Å². The maximum Gasteiger partial charge on any atom is 0.345 e. The molecule has 1 amide bonds. The van der Waals surface area contributed by atoms with Gasteiger partial charge in [-0.2, -0.15) is 4.98 Å². The lowest BCUT2D eigenvalue weighted by molar-refractivity contribution is -0.132. The van der Waals surface area contributed by atoms with Gasteiger partial charge in [-0.05, 0) is 49.4 Å². The minimum Gasteiger partial charge on any atom is -0.338 e. The number of amides is 1. The molecule has 2 aromatic rings. The quantitative estimate of drug-likeness (QED) is 0.929. The highest BCUT2D eigenvalue weighted by molar-refractivity contribution is 6.31. The van der Waals surface area contributed by atoms with E-state index in [4.69, 9.17) is 11.6 Å². The number of carbonyl (C=O) groups is 1. The molecule has 0 saturated carbocycles. The molecule has 1 aromatic carbocycles. The molecule has 24 heavy (non-hydrogen) atoms. The summed E-state index contributed by atoms with van der Waals surface area (Å²) in [6.45, 7) is 4.95. The molecule has 1 aromatic heterocycles. The first-order valence-electron chi connectivity index (χ1n) is 8.06. The average Bonchev–Trinajstić information content (AvgIpc) is 2.53. The average molecular weight is 346 g/mol. The molecule has 3 rings (SSSR count). The van der Waals surface area contributed by atoms with E-state index in [0.29, 0.717) is 31.6 Å². The third-order valence-corrected chi connectivity index (χ3v) is 4.96. The molecule has 0 saturated heterocycles. The van der Waals surface area contributed by atoms with Gasteiger partial charge in [0.15, 0.2) is 0 Å². The highest BCUT2D eigenvalue weighted by Gasteiger charge is 2.22. The molecule has 0 unspecified atom stereocenters. The van der Waals surface area contributed by atoms with Crippen LogP contribution in [-0.2, 0) is 24.2 Å². The van der Waals surface area contributed by atoms with Gasteiger partial charge in [0.2, 0.25) is 5.91 Å². The lowest BCUT2D eigenvalue weighted by Gasteiger charge is -2.29. The topological polar surface area (TPSA) is 66.1 Å². The molecule has 2 heterocycles. The summed E-state index contributed by atoms with van der Waals surface area (Å²) >= 11 is 6.22. The number of benzene rings is 1. The molecule has 5 nitrogen and oxygen atoms in total. The largest absolute Gasteiger partial charge is 0.345 e. The van der Waals surface area contributed by atoms with E-state index >= 15 is 0 Å². The van der Waals surface area contributed by atoms with Crippen molar-refractivity contribution in [2.75, 3.05) is 6.54 Å². The van der Waals surface area contributed by atoms with E-state index in [2.05, 4.69) is 9.97 Å². The van der Waals surface area contributed by atoms with Gasteiger partial charge in [0.1, 0.15) is 0 Å². The Labute approximate surface area is 145 Å². The summed E-state index contributed by atoms with van der Waals surface area (Å²) in [7, 11) is 0. The SMILES string of the molecule is Cc1nc(=O)[nH]c(C)c1CCC(=O)N1CCc2c(Cl)cccc2C1. The number of carbonyl (C=O) groups excluding carboxylic acids is 1. The second kappa shape index (κ2) is 6.77. The molecule has 0 radical (unpaired) electrons. The van der Waals surface area contributed by atoms with Gasteiger partial charge < -0.3 is 9.88 Å². The lowest BCUT2D eigenvalue weighted by Crippen LogP contribution is -2.36. The number of nitrogens with one attached hydrogen (secondary N) is 1. The number of halogens is 1. The number of fused-ring (bicyclic) bond motifs is 1. The highest BCUT2D eigenvalue weighted by atomic mass is 35.5. The summed E-state index contributed by atoms with van der Waals surface area (Å²) in [5.74, 6) is 0.116. The predicted molar refractivity (Wildman–Crippen MR) is 93.2 cm³/mol. The minimum absolute atomic E-state index is 0.116. The fourth-order valence-electron chi connectivity index (χ4n) is 3.29. The summed E-state index contributed by atoms with van der Waals surface area (Å²) < 4.78 is 0. The molecule has 1 aliphatic rings. The molecule has 1 aliphatic heterocycles. The van der Waals surface area contributed by atoms with E-state index in [1.165, 1.54) is 0 Å². The molecule has 0 atom stereocenters. The van der Waals surface area contributed by atoms with E-state index in [0.717, 1.165) is 33.8 Å². The first-order valence-corrected chi connectivity index (χ1v) is 8.44. The van der Waals surface area contributed by atoms with Crippen LogP contribution in [0, 0.1) is 13.8 Å². The van der Waals surface area contributed by atoms with Crippen LogP contribution in [0.5, 0.6) is 0 Å². The molecule has 6 heteroatoms. The van der Waals surface area contributed by atoms with Crippen LogP contribution >= 0.6 is 11.6 Å². The van der Waals surface area contributed by atoms with Gasteiger partial charge in [-0.15, -0.1) is 0 Å². The van der Waals surface area contributed by atoms with Gasteiger partial charge in [0, 0.05) is 35.9 Å². The zero-order valence-electron chi connectivity index (χ0n) is 13.9. The Morgan fingerprint density at radius 3 is 2.92 bits per heavy atom. The first kappa shape index (κ1) is 16.7. The van der Waals surface area contributed by atoms with Crippen LogP contribution in [0.3, 0.4) is 0 Å². The summed E-state index contributed by atoms with van der Waals surface area (Å²) in [5.41, 5.74) is 4.36. The van der Waals surface area contributed by atoms with Crippen molar-refractivity contribution in [2.24, 2.45) is 0 Å². The number of H-pyrrole nitrogens is 1. The van der Waals surface area contributed by atoms with Crippen LogP contribution in [0.2, 0.25) is 5.02 Å². The molecule has 0 aliphatic carbocycles. The molecular formula is C18H20ClN3O2. The van der Waals surface area contributed by atoms with Gasteiger partial charge in [0.05, 0.1) is 0 Å². The van der Waals surface area contributed by atoms with Crippen LogP contribution < -0.4 is 5.69 Å². The third kappa shape index (κ3) is 3.36. The fraction of sp³-hybridized carbons (Fsp3) is 0.389. The van der Waals surface area contributed by atoms with Crippen molar-refractivity contribution >= 4 is 17.5 Å². The minimum atomic E-state index is -0.343. The van der Waals surface area contributed by atoms with Crippen LogP contribution in [0.15, 0.2) is 23.0 Å². The smallest absolute Gasteiger partial charge is 0.338 e. The zero-order chi connectivity index (χ0) is 17.3. The monoisotopic (exact) mass is 345 g/mol. The van der Waals surface area contributed by atoms with Gasteiger partial charge in [0.25, 0.3) is 0 Å². The van der Waals surface area contributed by atoms with E-state index in [9.17, 15) is 9.59 Å². The van der Waals surface area contributed by atoms with Crippen LogP contribution in [-0.4, -0.2) is 27.3 Å². The Morgan fingerprint density at radius 2 is 2.17 bits per heavy atom. The van der Waals surface area contributed by atoms with Gasteiger partial charge >= 0.3 is 5.69 Å². The van der Waals surface area contributed by atoms with Gasteiger partial charge in [-0.1, -0.05) is 23.7 Å². The van der Waals surface area contributed by atoms with Crippen molar-refractivity contribution in [2.45, 2.75) is 39.7 Å². The van der Waals surface area contributed by atoms with Crippen LogP contribution in [0.1, 0.15) is 34.5 Å². The number of aromatic nitrogens is 2. The van der Waals surface area contributed by atoms with Gasteiger partial charge in [-0.3, -0.25) is 4.79 Å². The Balaban J connectivity index is 1.68. The maximum atomic E-state index is 12.6. The van der Waals surface area contributed by atoms with E-state index in [1.54, 1.807) is 6.92 Å². The number of aromatic amines is 1. The standard InChI is InChI=1S/C18H20ClN3O2/c1-11-14(12(2)21-18(24)20-11)6-7-17(23)22-9-8-15-13(10-22)4-3-5-16(15)19/h3-5H,6-10H2,1-2H3,(H,20,21,24). The Morgan fingerprint density at radius 1 is 1.38 bits per heavy atom. The van der Waals surface area contributed by atoms with Crippen LogP contribution in [0.25, 0.3) is 0 Å². The lowest BCUT2D eigenvalue weighted by atomic mass is 9.99. The van der Waals surface area contributed by atoms with E-state index < -0.39 is 0 Å². The first-order chi connectivity index (χ1) is 11.5. The number of nitrogens with zero attached hydrogens (tertiary/aromatic N) is 2. The number of rotatable bonds is 3. The molecule has 0 fully saturated rings. The summed E-state index contributed by atoms with van der Waals surface area (Å²) in [6, 6.07) is 5.85. The summed E-state index contributed by atoms with van der Waals surface area (Å²) in [6.07, 6.45) is 1.78. The van der Waals surface area contributed by atoms with Crippen molar-refractivity contribution in [3.05, 3.63) is 61.8 Å². The third-order valence-electron chi connectivity index (χ3n) is 4.60. The fourth-order valence-corrected chi connectivity index (χ4v) is 3.58. The Bertz CT molecular complexity index is 818. The maximum absolute atomic E-state index is 12.6. The normalized spacial score (nSPS) is 13.7. The molecule has 0 spiro atoms. The number of hydrogen-bond donors (Lipinski definition) is 1. The predicted octanol–water partition coefficient (Wildman–Crippen LogP) is 2.56. The van der Waals surface area contributed by atoms with Crippen molar-refractivity contribution in [3.63, 3.8) is 0 Å². The van der Waals surface area contributed by atoms with Gasteiger partial charge in [-0.25, -0.2) is 4.79 Å². The molecule has 1 N–H and O–H groups in total. The van der Waals surface area contributed by atoms with E-state index in [-0.39, 0.29) is 11.6 Å². The highest BCUT2D eigenvalue weighted by Crippen LogP contribution is 2.26. The second-order valence-electron chi connectivity index (χ2n) is 6.17. The van der Waals surface area contributed by atoms with Crippen molar-refractivity contribution in [3.8, 4) is 0 Å².